The lowest BCUT2D eigenvalue weighted by molar-refractivity contribution is 0.0429. The molecule has 0 fully saturated rings. The van der Waals surface area contributed by atoms with Crippen molar-refractivity contribution in [2.45, 2.75) is 13.5 Å². The molecule has 0 radical (unpaired) electrons. The molecule has 3 heterocycles. The summed E-state index contributed by atoms with van der Waals surface area (Å²) in [7, 11) is 0. The van der Waals surface area contributed by atoms with Crippen LogP contribution in [-0.2, 0) is 11.3 Å². The number of aryl methyl sites for hydroxylation is 1. The quantitative estimate of drug-likeness (QED) is 0.464. The Morgan fingerprint density at radius 3 is 2.81 bits per heavy atom. The van der Waals surface area contributed by atoms with E-state index in [4.69, 9.17) is 20.9 Å². The number of rotatable bonds is 5. The van der Waals surface area contributed by atoms with Gasteiger partial charge in [-0.15, -0.1) is 11.3 Å². The number of hydrogen-bond donors (Lipinski definition) is 0. The van der Waals surface area contributed by atoms with Crippen molar-refractivity contribution >= 4 is 28.9 Å². The highest BCUT2D eigenvalue weighted by Crippen LogP contribution is 2.25. The van der Waals surface area contributed by atoms with Gasteiger partial charge in [0.2, 0.25) is 5.82 Å². The summed E-state index contributed by atoms with van der Waals surface area (Å²) >= 11 is 7.86. The topological polar surface area (TPSA) is 83.0 Å². The number of ether oxygens (including phenoxy) is 1. The zero-order chi connectivity index (χ0) is 18.8. The van der Waals surface area contributed by atoms with E-state index in [1.54, 1.807) is 6.92 Å². The molecule has 0 N–H and O–H groups in total. The molecule has 0 amide bonds. The summed E-state index contributed by atoms with van der Waals surface area (Å²) in [5.74, 6) is 0.0636. The van der Waals surface area contributed by atoms with E-state index in [0.29, 0.717) is 11.5 Å². The molecular formula is C18H13ClN4O3S. The Bertz CT molecular complexity index is 1070. The second kappa shape index (κ2) is 7.34. The Morgan fingerprint density at radius 1 is 1.26 bits per heavy atom. The molecule has 0 spiro atoms. The van der Waals surface area contributed by atoms with Crippen molar-refractivity contribution in [1.82, 2.24) is 19.9 Å². The zero-order valence-electron chi connectivity index (χ0n) is 14.1. The fraction of sp³-hybridized carbons (Fsp3) is 0.111. The highest BCUT2D eigenvalue weighted by molar-refractivity contribution is 7.13. The average molecular weight is 401 g/mol. The van der Waals surface area contributed by atoms with Crippen LogP contribution in [0.4, 0.5) is 0 Å². The van der Waals surface area contributed by atoms with E-state index in [1.807, 2.05) is 47.8 Å². The molecule has 0 unspecified atom stereocenters. The lowest BCUT2D eigenvalue weighted by atomic mass is 10.2. The van der Waals surface area contributed by atoms with Crippen LogP contribution in [0, 0.1) is 6.92 Å². The maximum absolute atomic E-state index is 12.5. The molecule has 0 aliphatic rings. The van der Waals surface area contributed by atoms with Gasteiger partial charge in [0.1, 0.15) is 10.7 Å². The van der Waals surface area contributed by atoms with E-state index >= 15 is 0 Å². The van der Waals surface area contributed by atoms with Crippen LogP contribution in [0.1, 0.15) is 21.9 Å². The van der Waals surface area contributed by atoms with Crippen LogP contribution < -0.4 is 0 Å². The minimum absolute atomic E-state index is 0.149. The summed E-state index contributed by atoms with van der Waals surface area (Å²) in [6.07, 6.45) is 0. The summed E-state index contributed by atoms with van der Waals surface area (Å²) in [5.41, 5.74) is 1.43. The first-order valence-corrected chi connectivity index (χ1v) is 9.23. The average Bonchev–Trinajstić information content (AvgIpc) is 3.41. The molecule has 0 saturated carbocycles. The van der Waals surface area contributed by atoms with Gasteiger partial charge in [0, 0.05) is 0 Å². The van der Waals surface area contributed by atoms with Crippen molar-refractivity contribution in [3.05, 3.63) is 70.1 Å². The van der Waals surface area contributed by atoms with Crippen LogP contribution in [0.2, 0.25) is 5.15 Å². The molecule has 9 heteroatoms. The van der Waals surface area contributed by atoms with Crippen LogP contribution in [0.5, 0.6) is 0 Å². The number of aromatic nitrogens is 4. The number of esters is 1. The third kappa shape index (κ3) is 3.49. The van der Waals surface area contributed by atoms with Gasteiger partial charge in [0.25, 0.3) is 5.89 Å². The van der Waals surface area contributed by atoms with E-state index in [0.717, 1.165) is 10.6 Å². The van der Waals surface area contributed by atoms with E-state index in [2.05, 4.69) is 15.2 Å². The molecule has 136 valence electrons. The van der Waals surface area contributed by atoms with Crippen LogP contribution in [0.15, 0.2) is 52.4 Å². The summed E-state index contributed by atoms with van der Waals surface area (Å²) in [5, 5.41) is 10.3. The minimum atomic E-state index is -0.601. The molecule has 4 rings (SSSR count). The fourth-order valence-corrected chi connectivity index (χ4v) is 3.49. The molecule has 7 nitrogen and oxygen atoms in total. The molecular weight excluding hydrogens is 388 g/mol. The number of thiophene rings is 1. The SMILES string of the molecule is Cc1nn(-c2ccccc2)c(Cl)c1C(=O)OCc1nc(-c2cccs2)no1. The van der Waals surface area contributed by atoms with Crippen molar-refractivity contribution in [2.24, 2.45) is 0 Å². The number of hydrogen-bond acceptors (Lipinski definition) is 7. The molecule has 0 aliphatic heterocycles. The minimum Gasteiger partial charge on any atom is -0.452 e. The third-order valence-electron chi connectivity index (χ3n) is 3.75. The summed E-state index contributed by atoms with van der Waals surface area (Å²) in [6.45, 7) is 1.55. The van der Waals surface area contributed by atoms with Gasteiger partial charge in [-0.05, 0) is 30.5 Å². The van der Waals surface area contributed by atoms with Gasteiger partial charge in [-0.2, -0.15) is 10.1 Å². The maximum Gasteiger partial charge on any atom is 0.343 e. The van der Waals surface area contributed by atoms with Crippen LogP contribution in [0.25, 0.3) is 16.4 Å². The number of carbonyl (C=O) groups is 1. The van der Waals surface area contributed by atoms with Gasteiger partial charge < -0.3 is 9.26 Å². The van der Waals surface area contributed by atoms with Gasteiger partial charge in [-0.1, -0.05) is 41.0 Å². The largest absolute Gasteiger partial charge is 0.452 e. The predicted molar refractivity (Wildman–Crippen MR) is 100 cm³/mol. The van der Waals surface area contributed by atoms with E-state index < -0.39 is 5.97 Å². The van der Waals surface area contributed by atoms with E-state index in [-0.39, 0.29) is 23.2 Å². The second-order valence-electron chi connectivity index (χ2n) is 5.56. The molecule has 3 aromatic heterocycles. The Balaban J connectivity index is 1.50. The maximum atomic E-state index is 12.5. The van der Waals surface area contributed by atoms with Gasteiger partial charge >= 0.3 is 5.97 Å². The Labute approximate surface area is 163 Å². The molecule has 27 heavy (non-hydrogen) atoms. The third-order valence-corrected chi connectivity index (χ3v) is 4.96. The number of benzene rings is 1. The normalized spacial score (nSPS) is 10.9. The van der Waals surface area contributed by atoms with Crippen LogP contribution in [0.3, 0.4) is 0 Å². The fourth-order valence-electron chi connectivity index (χ4n) is 2.49. The number of para-hydroxylation sites is 1. The van der Waals surface area contributed by atoms with Crippen LogP contribution in [-0.4, -0.2) is 25.9 Å². The van der Waals surface area contributed by atoms with Crippen molar-refractivity contribution in [1.29, 1.82) is 0 Å². The molecule has 1 aromatic carbocycles. The van der Waals surface area contributed by atoms with E-state index in [1.165, 1.54) is 16.0 Å². The summed E-state index contributed by atoms with van der Waals surface area (Å²) in [4.78, 5) is 17.6. The van der Waals surface area contributed by atoms with E-state index in [9.17, 15) is 4.79 Å². The highest BCUT2D eigenvalue weighted by atomic mass is 35.5. The first-order chi connectivity index (χ1) is 13.1. The molecule has 0 saturated heterocycles. The van der Waals surface area contributed by atoms with Crippen molar-refractivity contribution in [3.63, 3.8) is 0 Å². The standard InChI is InChI=1S/C18H13ClN4O3S/c1-11-15(16(19)23(21-11)12-6-3-2-4-7-12)18(24)25-10-14-20-17(22-26-14)13-8-5-9-27-13/h2-9H,10H2,1H3. The van der Waals surface area contributed by atoms with Crippen molar-refractivity contribution < 1.29 is 14.1 Å². The van der Waals surface area contributed by atoms with Gasteiger partial charge in [-0.3, -0.25) is 0 Å². The monoisotopic (exact) mass is 400 g/mol. The smallest absolute Gasteiger partial charge is 0.343 e. The number of halogens is 1. The molecule has 4 aromatic rings. The van der Waals surface area contributed by atoms with Gasteiger partial charge in [0.05, 0.1) is 16.3 Å². The zero-order valence-corrected chi connectivity index (χ0v) is 15.7. The first-order valence-electron chi connectivity index (χ1n) is 7.97. The number of nitrogens with zero attached hydrogens (tertiary/aromatic N) is 4. The molecule has 0 atom stereocenters. The van der Waals surface area contributed by atoms with Crippen LogP contribution >= 0.6 is 22.9 Å². The van der Waals surface area contributed by atoms with Crippen molar-refractivity contribution in [2.75, 3.05) is 0 Å². The summed E-state index contributed by atoms with van der Waals surface area (Å²) in [6, 6.07) is 13.1. The molecule has 0 aliphatic carbocycles. The predicted octanol–water partition coefficient (Wildman–Crippen LogP) is 4.30. The summed E-state index contributed by atoms with van der Waals surface area (Å²) < 4.78 is 11.9. The Morgan fingerprint density at radius 2 is 2.07 bits per heavy atom. The number of carbonyl (C=O) groups excluding carboxylic acids is 1. The Kier molecular flexibility index (Phi) is 4.74. The van der Waals surface area contributed by atoms with Crippen molar-refractivity contribution in [3.8, 4) is 16.4 Å². The van der Waals surface area contributed by atoms with Gasteiger partial charge in [0.15, 0.2) is 6.61 Å². The lowest BCUT2D eigenvalue weighted by Gasteiger charge is -2.03. The molecule has 0 bridgehead atoms. The highest BCUT2D eigenvalue weighted by Gasteiger charge is 2.23. The second-order valence-corrected chi connectivity index (χ2v) is 6.87. The van der Waals surface area contributed by atoms with Gasteiger partial charge in [-0.25, -0.2) is 9.48 Å². The Hall–Kier alpha value is -2.97. The first kappa shape index (κ1) is 17.4. The lowest BCUT2D eigenvalue weighted by Crippen LogP contribution is -2.07.